The molecule has 0 heterocycles. The van der Waals surface area contributed by atoms with Gasteiger partial charge in [0.25, 0.3) is 0 Å². The summed E-state index contributed by atoms with van der Waals surface area (Å²) in [5.41, 5.74) is 0. The van der Waals surface area contributed by atoms with Crippen LogP contribution in [0.3, 0.4) is 0 Å². The molecule has 0 amide bonds. The lowest BCUT2D eigenvalue weighted by atomic mass is 11.8. The Bertz CT molecular complexity index is 470. The first kappa shape index (κ1) is 30.3. The lowest BCUT2D eigenvalue weighted by Gasteiger charge is -2.46. The largest absolute Gasteiger partial charge is 0.640 e. The van der Waals surface area contributed by atoms with Crippen molar-refractivity contribution in [1.82, 2.24) is 0 Å². The van der Waals surface area contributed by atoms with Crippen LogP contribution >= 0.6 is 0 Å². The number of hydrogen-bond donors (Lipinski definition) is 0. The van der Waals surface area contributed by atoms with Gasteiger partial charge in [-0.3, -0.25) is 0 Å². The molecule has 0 bridgehead atoms. The van der Waals surface area contributed by atoms with Crippen molar-refractivity contribution >= 4 is 59.4 Å². The Hall–Kier alpha value is 1.28. The van der Waals surface area contributed by atoms with E-state index in [9.17, 15) is 0 Å². The zero-order valence-corrected chi connectivity index (χ0v) is 28.9. The third-order valence-electron chi connectivity index (χ3n) is 2.59. The predicted molar refractivity (Wildman–Crippen MR) is 141 cm³/mol. The molecule has 0 aliphatic carbocycles. The van der Waals surface area contributed by atoms with E-state index in [4.69, 9.17) is 24.7 Å². The van der Waals surface area contributed by atoms with E-state index in [-0.39, 0.29) is 0 Å². The molecule has 0 aromatic rings. The van der Waals surface area contributed by atoms with Gasteiger partial charge >= 0.3 is 17.9 Å². The van der Waals surface area contributed by atoms with E-state index in [1.165, 1.54) is 0 Å². The van der Waals surface area contributed by atoms with Gasteiger partial charge in [0.1, 0.15) is 0 Å². The topological polar surface area (TPSA) is 55.4 Å². The molecule has 13 heteroatoms. The van der Waals surface area contributed by atoms with E-state index < -0.39 is 59.4 Å². The summed E-state index contributed by atoms with van der Waals surface area (Å²) in [6, 6.07) is 0. The molecule has 176 valence electrons. The first-order chi connectivity index (χ1) is 12.2. The highest BCUT2D eigenvalue weighted by atomic mass is 28.6. The molecule has 0 aromatic carbocycles. The summed E-state index contributed by atoms with van der Waals surface area (Å²) in [5.74, 6) is 0. The summed E-state index contributed by atoms with van der Waals surface area (Å²) < 4.78 is 40.1. The van der Waals surface area contributed by atoms with Gasteiger partial charge in [-0.15, -0.1) is 0 Å². The van der Waals surface area contributed by atoms with Crippen molar-refractivity contribution in [2.45, 2.75) is 105 Å². The zero-order chi connectivity index (χ0) is 23.7. The molecule has 0 spiro atoms. The minimum atomic E-state index is -3.50. The second-order valence-corrected chi connectivity index (χ2v) is 41.3. The van der Waals surface area contributed by atoms with Crippen LogP contribution in [0.15, 0.2) is 0 Å². The molecule has 0 saturated carbocycles. The van der Waals surface area contributed by atoms with Crippen molar-refractivity contribution in [2.75, 3.05) is 0 Å². The maximum absolute atomic E-state index is 6.85. The summed E-state index contributed by atoms with van der Waals surface area (Å²) in [5, 5.41) is 0. The molecule has 0 aliphatic heterocycles. The molecule has 0 atom stereocenters. The molecular formula is C16H48O6Si7. The van der Waals surface area contributed by atoms with Crippen LogP contribution in [-0.4, -0.2) is 59.4 Å². The summed E-state index contributed by atoms with van der Waals surface area (Å²) >= 11 is 0. The van der Waals surface area contributed by atoms with Crippen molar-refractivity contribution in [3.63, 3.8) is 0 Å². The molecule has 0 saturated heterocycles. The van der Waals surface area contributed by atoms with Gasteiger partial charge in [0, 0.05) is 6.55 Å². The van der Waals surface area contributed by atoms with Crippen LogP contribution in [0.25, 0.3) is 0 Å². The lowest BCUT2D eigenvalue weighted by molar-refractivity contribution is 0.110. The zero-order valence-electron chi connectivity index (χ0n) is 21.9. The molecule has 0 aliphatic rings. The molecule has 6 nitrogen and oxygen atoms in total. The Morgan fingerprint density at radius 1 is 0.276 bits per heavy atom. The van der Waals surface area contributed by atoms with Gasteiger partial charge in [0.05, 0.1) is 0 Å². The fourth-order valence-corrected chi connectivity index (χ4v) is 27.2. The maximum atomic E-state index is 6.85. The Kier molecular flexibility index (Phi) is 10.1. The highest BCUT2D eigenvalue weighted by molar-refractivity contribution is 6.93. The van der Waals surface area contributed by atoms with E-state index >= 15 is 0 Å². The smallest absolute Gasteiger partial charge is 0.417 e. The van der Waals surface area contributed by atoms with Gasteiger partial charge in [0.2, 0.25) is 0 Å². The molecule has 0 rings (SSSR count). The van der Waals surface area contributed by atoms with Crippen molar-refractivity contribution in [1.29, 1.82) is 0 Å². The summed E-state index contributed by atoms with van der Waals surface area (Å²) in [6.45, 7) is 34.3. The quantitative estimate of drug-likeness (QED) is 0.276. The molecule has 0 radical (unpaired) electrons. The third-order valence-corrected chi connectivity index (χ3v) is 23.3. The van der Waals surface area contributed by atoms with Crippen molar-refractivity contribution < 1.29 is 24.7 Å². The first-order valence-corrected chi connectivity index (χ1v) is 31.3. The Morgan fingerprint density at radius 2 is 0.483 bits per heavy atom. The summed E-state index contributed by atoms with van der Waals surface area (Å²) in [6.07, 6.45) is 0. The van der Waals surface area contributed by atoms with E-state index in [2.05, 4.69) is 98.2 Å². The Morgan fingerprint density at radius 3 is 0.655 bits per heavy atom. The van der Waals surface area contributed by atoms with Crippen LogP contribution in [0.4, 0.5) is 0 Å². The lowest BCUT2D eigenvalue weighted by Crippen LogP contribution is -2.69. The van der Waals surface area contributed by atoms with Gasteiger partial charge < -0.3 is 24.7 Å². The van der Waals surface area contributed by atoms with E-state index in [1.807, 2.05) is 6.55 Å². The normalized spacial score (nSPS) is 15.7. The van der Waals surface area contributed by atoms with Gasteiger partial charge in [-0.2, -0.15) is 0 Å². The van der Waals surface area contributed by atoms with E-state index in [1.54, 1.807) is 0 Å². The van der Waals surface area contributed by atoms with Gasteiger partial charge in [0.15, 0.2) is 41.6 Å². The van der Waals surface area contributed by atoms with Gasteiger partial charge in [-0.05, 0) is 98.2 Å². The standard InChI is InChI=1S/C16H48O6Si7/c1-23(2,3)17-28(16,18-24(4,5)6)22-29(19-25(7,8)9,20-26(10,11)12)21-27(13,14)15/h1-16H3. The average Bonchev–Trinajstić information content (AvgIpc) is 2.10. The SMILES string of the molecule is C[Si](C)(C)O[Si](C)(O[Si](C)(C)C)O[Si](O[Si](C)(C)C)(O[Si](C)(C)C)O[Si](C)(C)C. The molecular weight excluding hydrogens is 485 g/mol. The monoisotopic (exact) mass is 532 g/mol. The fraction of sp³-hybridized carbons (Fsp3) is 1.00. The second-order valence-electron chi connectivity index (χ2n) is 12.5. The fourth-order valence-electron chi connectivity index (χ4n) is 2.65. The number of rotatable bonds is 12. The summed E-state index contributed by atoms with van der Waals surface area (Å²) in [7, 11) is -16.6. The number of hydrogen-bond acceptors (Lipinski definition) is 6. The molecule has 0 aromatic heterocycles. The second kappa shape index (κ2) is 9.64. The summed E-state index contributed by atoms with van der Waals surface area (Å²) in [4.78, 5) is 0. The van der Waals surface area contributed by atoms with Crippen LogP contribution in [0.2, 0.25) is 105 Å². The molecule has 29 heavy (non-hydrogen) atoms. The van der Waals surface area contributed by atoms with Crippen LogP contribution in [0.1, 0.15) is 0 Å². The highest BCUT2D eigenvalue weighted by Crippen LogP contribution is 2.32. The maximum Gasteiger partial charge on any atom is 0.640 e. The Labute approximate surface area is 188 Å². The van der Waals surface area contributed by atoms with Crippen molar-refractivity contribution in [2.24, 2.45) is 0 Å². The molecule has 0 unspecified atom stereocenters. The first-order valence-electron chi connectivity index (χ1n) is 10.4. The van der Waals surface area contributed by atoms with Gasteiger partial charge in [-0.25, -0.2) is 0 Å². The van der Waals surface area contributed by atoms with Crippen molar-refractivity contribution in [3.8, 4) is 0 Å². The minimum Gasteiger partial charge on any atom is -0.417 e. The molecule has 0 fully saturated rings. The average molecular weight is 533 g/mol. The highest BCUT2D eigenvalue weighted by Gasteiger charge is 2.60. The van der Waals surface area contributed by atoms with E-state index in [0.717, 1.165) is 0 Å². The Balaban J connectivity index is 6.46. The van der Waals surface area contributed by atoms with Crippen LogP contribution < -0.4 is 0 Å². The van der Waals surface area contributed by atoms with Gasteiger partial charge in [-0.1, -0.05) is 0 Å². The van der Waals surface area contributed by atoms with E-state index in [0.29, 0.717) is 0 Å². The van der Waals surface area contributed by atoms with Crippen LogP contribution in [-0.2, 0) is 24.7 Å². The minimum absolute atomic E-state index is 1.94. The predicted octanol–water partition coefficient (Wildman–Crippen LogP) is 6.26. The van der Waals surface area contributed by atoms with Crippen LogP contribution in [0, 0.1) is 0 Å². The molecule has 0 N–H and O–H groups in total. The third kappa shape index (κ3) is 15.7. The van der Waals surface area contributed by atoms with Crippen LogP contribution in [0.5, 0.6) is 0 Å². The van der Waals surface area contributed by atoms with Crippen molar-refractivity contribution in [3.05, 3.63) is 0 Å².